The van der Waals surface area contributed by atoms with Crippen molar-refractivity contribution in [3.63, 3.8) is 0 Å². The van der Waals surface area contributed by atoms with Crippen molar-refractivity contribution in [3.05, 3.63) is 67.1 Å². The van der Waals surface area contributed by atoms with E-state index in [1.165, 1.54) is 0 Å². The second-order valence-electron chi connectivity index (χ2n) is 8.75. The van der Waals surface area contributed by atoms with Crippen LogP contribution in [0.5, 0.6) is 5.75 Å². The summed E-state index contributed by atoms with van der Waals surface area (Å²) < 4.78 is 8.02. The number of fused-ring (bicyclic) bond motifs is 3. The maximum absolute atomic E-state index is 13.0. The number of rotatable bonds is 6. The standard InChI is InChI=1S/C25H25N5O2/c31-25(16-32-20-4-2-1-3-5-20)30-19-6-8-23(30)17(12-19)15-29-11-10-22-24(29)9-7-21(28-22)18-13-26-27-14-18/h1-5,7,9-11,13-14,17,19,23H,6,8,12,15-16H2,(H,26,27). The first kappa shape index (κ1) is 19.1. The Labute approximate surface area is 186 Å². The molecule has 0 spiro atoms. The highest BCUT2D eigenvalue weighted by Crippen LogP contribution is 2.42. The predicted molar refractivity (Wildman–Crippen MR) is 121 cm³/mol. The molecule has 0 radical (unpaired) electrons. The molecule has 5 heterocycles. The Kier molecular flexibility index (Phi) is 4.67. The number of para-hydroxylation sites is 1. The molecule has 1 N–H and O–H groups in total. The molecule has 7 nitrogen and oxygen atoms in total. The SMILES string of the molecule is O=C(COc1ccccc1)N1C2CCC1C(Cn1ccc3nc(-c4cn[nH]c4)ccc31)C2. The number of amides is 1. The van der Waals surface area contributed by atoms with E-state index in [-0.39, 0.29) is 12.5 Å². The molecule has 32 heavy (non-hydrogen) atoms. The fourth-order valence-electron chi connectivity index (χ4n) is 5.47. The molecule has 6 rings (SSSR count). The average Bonchev–Trinajstić information content (AvgIpc) is 3.62. The largest absolute Gasteiger partial charge is 0.484 e. The van der Waals surface area contributed by atoms with Crippen LogP contribution in [0.1, 0.15) is 19.3 Å². The van der Waals surface area contributed by atoms with Crippen LogP contribution in [-0.4, -0.2) is 49.2 Å². The van der Waals surface area contributed by atoms with Crippen molar-refractivity contribution >= 4 is 16.9 Å². The van der Waals surface area contributed by atoms with Gasteiger partial charge in [0.25, 0.3) is 5.91 Å². The summed E-state index contributed by atoms with van der Waals surface area (Å²) in [6.45, 7) is 1.01. The lowest BCUT2D eigenvalue weighted by atomic mass is 9.89. The number of benzene rings is 1. The van der Waals surface area contributed by atoms with Crippen molar-refractivity contribution in [2.75, 3.05) is 6.61 Å². The van der Waals surface area contributed by atoms with Gasteiger partial charge in [0.05, 0.1) is 22.9 Å². The summed E-state index contributed by atoms with van der Waals surface area (Å²) in [6, 6.07) is 16.4. The van der Waals surface area contributed by atoms with Crippen molar-refractivity contribution in [2.24, 2.45) is 5.92 Å². The lowest BCUT2D eigenvalue weighted by Gasteiger charge is -2.25. The Morgan fingerprint density at radius 3 is 2.88 bits per heavy atom. The highest BCUT2D eigenvalue weighted by Gasteiger charge is 2.48. The second-order valence-corrected chi connectivity index (χ2v) is 8.75. The van der Waals surface area contributed by atoms with Crippen LogP contribution >= 0.6 is 0 Å². The van der Waals surface area contributed by atoms with E-state index in [0.29, 0.717) is 18.0 Å². The van der Waals surface area contributed by atoms with Gasteiger partial charge in [0.2, 0.25) is 0 Å². The smallest absolute Gasteiger partial charge is 0.261 e. The first-order valence-corrected chi connectivity index (χ1v) is 11.2. The van der Waals surface area contributed by atoms with Gasteiger partial charge in [-0.05, 0) is 55.5 Å². The molecule has 2 bridgehead atoms. The molecule has 3 atom stereocenters. The molecular formula is C25H25N5O2. The van der Waals surface area contributed by atoms with Crippen molar-refractivity contribution in [3.8, 4) is 17.0 Å². The minimum atomic E-state index is 0.104. The quantitative estimate of drug-likeness (QED) is 0.507. The third kappa shape index (κ3) is 3.34. The minimum absolute atomic E-state index is 0.104. The molecule has 2 saturated heterocycles. The number of hydrogen-bond donors (Lipinski definition) is 1. The molecule has 2 aliphatic rings. The van der Waals surface area contributed by atoms with Gasteiger partial charge >= 0.3 is 0 Å². The lowest BCUT2D eigenvalue weighted by molar-refractivity contribution is -0.134. The van der Waals surface area contributed by atoms with Crippen LogP contribution in [-0.2, 0) is 11.3 Å². The molecule has 2 aliphatic heterocycles. The molecule has 0 saturated carbocycles. The molecule has 2 fully saturated rings. The van der Waals surface area contributed by atoms with E-state index in [2.05, 4.69) is 38.0 Å². The normalized spacial score (nSPS) is 22.0. The summed E-state index contributed by atoms with van der Waals surface area (Å²) in [5.41, 5.74) is 4.01. The van der Waals surface area contributed by atoms with Gasteiger partial charge in [0, 0.05) is 36.6 Å². The third-order valence-electron chi connectivity index (χ3n) is 6.91. The van der Waals surface area contributed by atoms with Crippen LogP contribution in [0.3, 0.4) is 0 Å². The van der Waals surface area contributed by atoms with E-state index in [0.717, 1.165) is 53.8 Å². The summed E-state index contributed by atoms with van der Waals surface area (Å²) in [7, 11) is 0. The maximum Gasteiger partial charge on any atom is 0.261 e. The number of aromatic nitrogens is 4. The molecular weight excluding hydrogens is 402 g/mol. The molecule has 4 aromatic rings. The Bertz CT molecular complexity index is 1230. The number of hydrogen-bond acceptors (Lipinski definition) is 4. The fourth-order valence-corrected chi connectivity index (χ4v) is 5.47. The third-order valence-corrected chi connectivity index (χ3v) is 6.91. The zero-order valence-corrected chi connectivity index (χ0v) is 17.7. The van der Waals surface area contributed by atoms with Gasteiger partial charge in [0.1, 0.15) is 5.75 Å². The van der Waals surface area contributed by atoms with Crippen LogP contribution in [0.15, 0.2) is 67.1 Å². The first-order valence-electron chi connectivity index (χ1n) is 11.2. The monoisotopic (exact) mass is 427 g/mol. The van der Waals surface area contributed by atoms with Gasteiger partial charge in [-0.1, -0.05) is 18.2 Å². The molecule has 0 aliphatic carbocycles. The molecule has 1 amide bonds. The second kappa shape index (κ2) is 7.82. The zero-order chi connectivity index (χ0) is 21.5. The first-order chi connectivity index (χ1) is 15.8. The predicted octanol–water partition coefficient (Wildman–Crippen LogP) is 3.88. The van der Waals surface area contributed by atoms with Gasteiger partial charge < -0.3 is 14.2 Å². The summed E-state index contributed by atoms with van der Waals surface area (Å²) in [4.78, 5) is 19.9. The number of nitrogens with one attached hydrogen (secondary N) is 1. The maximum atomic E-state index is 13.0. The Morgan fingerprint density at radius 1 is 1.12 bits per heavy atom. The van der Waals surface area contributed by atoms with Crippen molar-refractivity contribution < 1.29 is 9.53 Å². The summed E-state index contributed by atoms with van der Waals surface area (Å²) >= 11 is 0. The Balaban J connectivity index is 1.15. The van der Waals surface area contributed by atoms with Crippen LogP contribution in [0.25, 0.3) is 22.3 Å². The van der Waals surface area contributed by atoms with Crippen LogP contribution in [0, 0.1) is 5.92 Å². The van der Waals surface area contributed by atoms with Gasteiger partial charge in [-0.25, -0.2) is 4.98 Å². The van der Waals surface area contributed by atoms with Crippen LogP contribution < -0.4 is 4.74 Å². The summed E-state index contributed by atoms with van der Waals surface area (Å²) in [6.07, 6.45) is 8.99. The van der Waals surface area contributed by atoms with Crippen LogP contribution in [0.2, 0.25) is 0 Å². The number of pyridine rings is 1. The van der Waals surface area contributed by atoms with E-state index < -0.39 is 0 Å². The number of carbonyl (C=O) groups is 1. The molecule has 3 unspecified atom stereocenters. The molecule has 162 valence electrons. The topological polar surface area (TPSA) is 76.0 Å². The van der Waals surface area contributed by atoms with E-state index in [1.54, 1.807) is 6.20 Å². The van der Waals surface area contributed by atoms with Crippen molar-refractivity contribution in [1.82, 2.24) is 24.6 Å². The average molecular weight is 428 g/mol. The fraction of sp³-hybridized carbons (Fsp3) is 0.320. The Morgan fingerprint density at radius 2 is 2.03 bits per heavy atom. The number of aromatic amines is 1. The van der Waals surface area contributed by atoms with E-state index in [1.807, 2.05) is 42.6 Å². The summed E-state index contributed by atoms with van der Waals surface area (Å²) in [5, 5.41) is 6.85. The van der Waals surface area contributed by atoms with Crippen molar-refractivity contribution in [1.29, 1.82) is 0 Å². The van der Waals surface area contributed by atoms with Gasteiger partial charge in [-0.15, -0.1) is 0 Å². The van der Waals surface area contributed by atoms with Crippen LogP contribution in [0.4, 0.5) is 0 Å². The van der Waals surface area contributed by atoms with E-state index in [4.69, 9.17) is 9.72 Å². The van der Waals surface area contributed by atoms with Gasteiger partial charge in [-0.2, -0.15) is 5.10 Å². The molecule has 1 aromatic carbocycles. The minimum Gasteiger partial charge on any atom is -0.484 e. The number of carbonyl (C=O) groups excluding carboxylic acids is 1. The van der Waals surface area contributed by atoms with Crippen molar-refractivity contribution in [2.45, 2.75) is 37.9 Å². The van der Waals surface area contributed by atoms with Gasteiger partial charge in [-0.3, -0.25) is 9.89 Å². The summed E-state index contributed by atoms with van der Waals surface area (Å²) in [5.74, 6) is 1.30. The highest BCUT2D eigenvalue weighted by molar-refractivity contribution is 5.80. The lowest BCUT2D eigenvalue weighted by Crippen LogP contribution is -2.40. The Hall–Kier alpha value is -3.61. The zero-order valence-electron chi connectivity index (χ0n) is 17.7. The number of H-pyrrole nitrogens is 1. The molecule has 3 aromatic heterocycles. The van der Waals surface area contributed by atoms with Gasteiger partial charge in [0.15, 0.2) is 6.61 Å². The van der Waals surface area contributed by atoms with E-state index >= 15 is 0 Å². The molecule has 7 heteroatoms. The number of ether oxygens (including phenoxy) is 1. The van der Waals surface area contributed by atoms with E-state index in [9.17, 15) is 4.79 Å². The number of nitrogens with zero attached hydrogens (tertiary/aromatic N) is 4. The highest BCUT2D eigenvalue weighted by atomic mass is 16.5.